The van der Waals surface area contributed by atoms with E-state index in [9.17, 15) is 22.5 Å². The number of aliphatic carboxylic acids is 1. The van der Waals surface area contributed by atoms with Gasteiger partial charge in [-0.2, -0.15) is 0 Å². The van der Waals surface area contributed by atoms with Gasteiger partial charge < -0.3 is 9.90 Å². The summed E-state index contributed by atoms with van der Waals surface area (Å²) in [5, 5.41) is 10.9. The van der Waals surface area contributed by atoms with Crippen molar-refractivity contribution in [3.05, 3.63) is 30.3 Å². The second kappa shape index (κ2) is 6.78. The Balaban J connectivity index is 2.84. The van der Waals surface area contributed by atoms with Gasteiger partial charge in [0.1, 0.15) is 0 Å². The van der Waals surface area contributed by atoms with Crippen LogP contribution in [0.3, 0.4) is 0 Å². The van der Waals surface area contributed by atoms with Crippen molar-refractivity contribution in [2.75, 3.05) is 12.0 Å². The zero-order valence-corrected chi connectivity index (χ0v) is 11.9. The van der Waals surface area contributed by atoms with Crippen LogP contribution in [0.2, 0.25) is 0 Å². The third-order valence-electron chi connectivity index (χ3n) is 2.33. The van der Waals surface area contributed by atoms with Gasteiger partial charge in [-0.1, -0.05) is 18.2 Å². The Morgan fingerprint density at radius 2 is 1.95 bits per heavy atom. The molecule has 0 aromatic heterocycles. The highest BCUT2D eigenvalue weighted by Crippen LogP contribution is 2.09. The van der Waals surface area contributed by atoms with Crippen LogP contribution in [0.4, 0.5) is 0 Å². The molecule has 0 unspecified atom stereocenters. The van der Waals surface area contributed by atoms with Gasteiger partial charge >= 0.3 is 0 Å². The minimum absolute atomic E-state index is 0.0288. The SMILES string of the molecule is C[S@@](=O)CC[C@H](NS(=O)(=O)c1ccccc1)C(=O)[O-]. The fourth-order valence-electron chi connectivity index (χ4n) is 1.36. The minimum Gasteiger partial charge on any atom is -0.548 e. The average molecular weight is 304 g/mol. The van der Waals surface area contributed by atoms with Gasteiger partial charge in [-0.15, -0.1) is 0 Å². The van der Waals surface area contributed by atoms with E-state index < -0.39 is 32.8 Å². The van der Waals surface area contributed by atoms with Crippen molar-refractivity contribution in [3.63, 3.8) is 0 Å². The van der Waals surface area contributed by atoms with Gasteiger partial charge in [0.25, 0.3) is 0 Å². The van der Waals surface area contributed by atoms with Crippen molar-refractivity contribution < 1.29 is 22.5 Å². The number of benzene rings is 1. The van der Waals surface area contributed by atoms with Crippen molar-refractivity contribution in [1.82, 2.24) is 4.72 Å². The number of hydrogen-bond donors (Lipinski definition) is 1. The first-order chi connectivity index (χ1) is 8.83. The molecule has 1 aromatic rings. The Labute approximate surface area is 114 Å². The van der Waals surface area contributed by atoms with Crippen molar-refractivity contribution in [1.29, 1.82) is 0 Å². The van der Waals surface area contributed by atoms with Gasteiger partial charge in [0.15, 0.2) is 0 Å². The van der Waals surface area contributed by atoms with Crippen LogP contribution in [0.15, 0.2) is 35.2 Å². The second-order valence-electron chi connectivity index (χ2n) is 3.87. The molecule has 8 heteroatoms. The highest BCUT2D eigenvalue weighted by molar-refractivity contribution is 7.89. The van der Waals surface area contributed by atoms with Crippen LogP contribution >= 0.6 is 0 Å². The molecule has 106 valence electrons. The Hall–Kier alpha value is -1.25. The number of carbonyl (C=O) groups is 1. The Morgan fingerprint density at radius 3 is 2.42 bits per heavy atom. The van der Waals surface area contributed by atoms with E-state index in [1.54, 1.807) is 6.07 Å². The third-order valence-corrected chi connectivity index (χ3v) is 4.63. The molecule has 1 aromatic carbocycles. The molecule has 0 heterocycles. The molecule has 0 bridgehead atoms. The average Bonchev–Trinajstić information content (AvgIpc) is 2.35. The van der Waals surface area contributed by atoms with Crippen LogP contribution in [0, 0.1) is 0 Å². The van der Waals surface area contributed by atoms with Crippen molar-refractivity contribution in [2.45, 2.75) is 17.4 Å². The number of carboxylic acid groups (broad SMARTS) is 1. The summed E-state index contributed by atoms with van der Waals surface area (Å²) in [5.74, 6) is -1.46. The molecule has 0 aliphatic carbocycles. The van der Waals surface area contributed by atoms with Crippen LogP contribution in [-0.2, 0) is 25.6 Å². The first-order valence-electron chi connectivity index (χ1n) is 5.41. The lowest BCUT2D eigenvalue weighted by Crippen LogP contribution is -2.48. The summed E-state index contributed by atoms with van der Waals surface area (Å²) >= 11 is 0. The molecule has 2 atom stereocenters. The van der Waals surface area contributed by atoms with Gasteiger partial charge in [0.05, 0.1) is 16.9 Å². The molecule has 0 fully saturated rings. The van der Waals surface area contributed by atoms with Crippen molar-refractivity contribution in [3.8, 4) is 0 Å². The summed E-state index contributed by atoms with van der Waals surface area (Å²) in [5.41, 5.74) is 0. The zero-order chi connectivity index (χ0) is 14.5. The molecule has 1 rings (SSSR count). The number of rotatable bonds is 7. The van der Waals surface area contributed by atoms with Crippen molar-refractivity contribution >= 4 is 26.8 Å². The highest BCUT2D eigenvalue weighted by Gasteiger charge is 2.20. The number of sulfonamides is 1. The summed E-state index contributed by atoms with van der Waals surface area (Å²) in [7, 11) is -5.12. The predicted molar refractivity (Wildman–Crippen MR) is 69.1 cm³/mol. The van der Waals surface area contributed by atoms with Crippen LogP contribution in [0.25, 0.3) is 0 Å². The quantitative estimate of drug-likeness (QED) is 0.685. The number of carboxylic acids is 1. The van der Waals surface area contributed by atoms with Gasteiger partial charge in [-0.05, 0) is 18.6 Å². The normalized spacial score (nSPS) is 14.8. The molecular formula is C11H14NO5S2-. The summed E-state index contributed by atoms with van der Waals surface area (Å²) < 4.78 is 36.8. The molecule has 0 spiro atoms. The van der Waals surface area contributed by atoms with E-state index in [0.717, 1.165) is 0 Å². The Bertz CT molecular complexity index is 556. The largest absolute Gasteiger partial charge is 0.548 e. The van der Waals surface area contributed by atoms with Gasteiger partial charge in [-0.3, -0.25) is 4.21 Å². The lowest BCUT2D eigenvalue weighted by molar-refractivity contribution is -0.308. The van der Waals surface area contributed by atoms with E-state index in [1.165, 1.54) is 30.5 Å². The fraction of sp³-hybridized carbons (Fsp3) is 0.364. The number of hydrogen-bond acceptors (Lipinski definition) is 5. The zero-order valence-electron chi connectivity index (χ0n) is 10.2. The van der Waals surface area contributed by atoms with Gasteiger partial charge in [0.2, 0.25) is 10.0 Å². The van der Waals surface area contributed by atoms with E-state index in [4.69, 9.17) is 0 Å². The van der Waals surface area contributed by atoms with Gasteiger partial charge in [-0.25, -0.2) is 13.1 Å². The first kappa shape index (κ1) is 15.8. The van der Waals surface area contributed by atoms with Crippen molar-refractivity contribution in [2.24, 2.45) is 0 Å². The lowest BCUT2D eigenvalue weighted by atomic mass is 10.2. The fourth-order valence-corrected chi connectivity index (χ4v) is 3.17. The molecule has 0 amide bonds. The summed E-state index contributed by atoms with van der Waals surface area (Å²) in [6.07, 6.45) is 1.33. The monoisotopic (exact) mass is 304 g/mol. The van der Waals surface area contributed by atoms with E-state index in [0.29, 0.717) is 0 Å². The molecule has 0 aliphatic rings. The smallest absolute Gasteiger partial charge is 0.241 e. The standard InChI is InChI=1S/C11H15NO5S2/c1-18(15)8-7-10(11(13)14)12-19(16,17)9-5-3-2-4-6-9/h2-6,10,12H,7-8H2,1H3,(H,13,14)/p-1/t10-,18+/m0/s1. The molecular weight excluding hydrogens is 290 g/mol. The van der Waals surface area contributed by atoms with Crippen LogP contribution in [-0.4, -0.2) is 36.6 Å². The van der Waals surface area contributed by atoms with E-state index >= 15 is 0 Å². The molecule has 1 N–H and O–H groups in total. The molecule has 19 heavy (non-hydrogen) atoms. The predicted octanol–water partition coefficient (Wildman–Crippen LogP) is -1.15. The third kappa shape index (κ3) is 5.09. The van der Waals surface area contributed by atoms with E-state index in [-0.39, 0.29) is 17.1 Å². The van der Waals surface area contributed by atoms with Crippen LogP contribution < -0.4 is 9.83 Å². The first-order valence-corrected chi connectivity index (χ1v) is 8.62. The Morgan fingerprint density at radius 1 is 1.37 bits per heavy atom. The highest BCUT2D eigenvalue weighted by atomic mass is 32.2. The van der Waals surface area contributed by atoms with Crippen LogP contribution in [0.1, 0.15) is 6.42 Å². The maximum absolute atomic E-state index is 11.9. The maximum atomic E-state index is 11.9. The molecule has 0 saturated heterocycles. The topological polar surface area (TPSA) is 103 Å². The van der Waals surface area contributed by atoms with Crippen LogP contribution in [0.5, 0.6) is 0 Å². The van der Waals surface area contributed by atoms with E-state index in [2.05, 4.69) is 0 Å². The molecule has 0 aliphatic heterocycles. The lowest BCUT2D eigenvalue weighted by Gasteiger charge is -2.19. The summed E-state index contributed by atoms with van der Waals surface area (Å²) in [6, 6.07) is 6.02. The second-order valence-corrected chi connectivity index (χ2v) is 7.14. The number of nitrogens with one attached hydrogen (secondary N) is 1. The molecule has 0 radical (unpaired) electrons. The minimum atomic E-state index is -3.92. The van der Waals surface area contributed by atoms with Gasteiger partial charge in [0, 0.05) is 22.8 Å². The van der Waals surface area contributed by atoms with E-state index in [1.807, 2.05) is 4.72 Å². The molecule has 0 saturated carbocycles. The maximum Gasteiger partial charge on any atom is 0.241 e. The Kier molecular flexibility index (Phi) is 5.64. The summed E-state index contributed by atoms with van der Waals surface area (Å²) in [4.78, 5) is 10.9. The number of carbonyl (C=O) groups excluding carboxylic acids is 1. The molecule has 6 nitrogen and oxygen atoms in total. The summed E-state index contributed by atoms with van der Waals surface area (Å²) in [6.45, 7) is 0.